The molecule has 0 bridgehead atoms. The van der Waals surface area contributed by atoms with E-state index in [1.165, 1.54) is 25.3 Å². The average Bonchev–Trinajstić information content (AvgIpc) is 2.40. The second kappa shape index (κ2) is 5.71. The molecular formula is C14H11ClFNO2. The van der Waals surface area contributed by atoms with E-state index in [1.807, 2.05) is 0 Å². The van der Waals surface area contributed by atoms with E-state index in [2.05, 4.69) is 5.32 Å². The van der Waals surface area contributed by atoms with Crippen LogP contribution in [0, 0.1) is 5.82 Å². The first-order valence-corrected chi connectivity index (χ1v) is 5.88. The molecule has 0 fully saturated rings. The summed E-state index contributed by atoms with van der Waals surface area (Å²) in [5, 5.41) is 3.11. The highest BCUT2D eigenvalue weighted by Crippen LogP contribution is 2.25. The maximum absolute atomic E-state index is 13.0. The van der Waals surface area contributed by atoms with Gasteiger partial charge in [-0.25, -0.2) is 4.39 Å². The van der Waals surface area contributed by atoms with E-state index in [0.29, 0.717) is 16.3 Å². The van der Waals surface area contributed by atoms with Gasteiger partial charge < -0.3 is 10.1 Å². The highest BCUT2D eigenvalue weighted by atomic mass is 35.5. The van der Waals surface area contributed by atoms with Gasteiger partial charge >= 0.3 is 0 Å². The molecule has 2 aromatic rings. The normalized spacial score (nSPS) is 10.1. The first-order chi connectivity index (χ1) is 9.10. The number of hydrogen-bond acceptors (Lipinski definition) is 2. The van der Waals surface area contributed by atoms with E-state index in [-0.39, 0.29) is 11.7 Å². The first kappa shape index (κ1) is 13.4. The van der Waals surface area contributed by atoms with E-state index >= 15 is 0 Å². The molecule has 0 aliphatic heterocycles. The Bertz CT molecular complexity index is 616. The molecule has 0 aliphatic carbocycles. The van der Waals surface area contributed by atoms with Crippen LogP contribution >= 0.6 is 11.6 Å². The van der Waals surface area contributed by atoms with Crippen molar-refractivity contribution >= 4 is 23.2 Å². The fraction of sp³-hybridized carbons (Fsp3) is 0.0714. The summed E-state index contributed by atoms with van der Waals surface area (Å²) < 4.78 is 18.0. The lowest BCUT2D eigenvalue weighted by molar-refractivity contribution is 0.102. The number of rotatable bonds is 3. The smallest absolute Gasteiger partial charge is 0.255 e. The summed E-state index contributed by atoms with van der Waals surface area (Å²) in [6.07, 6.45) is 0. The van der Waals surface area contributed by atoms with Crippen LogP contribution in [0.5, 0.6) is 5.75 Å². The summed E-state index contributed by atoms with van der Waals surface area (Å²) in [6.45, 7) is 0. The molecule has 2 aromatic carbocycles. The van der Waals surface area contributed by atoms with Crippen molar-refractivity contribution in [3.8, 4) is 5.75 Å². The summed E-state index contributed by atoms with van der Waals surface area (Å²) >= 11 is 5.82. The third-order valence-electron chi connectivity index (χ3n) is 2.50. The van der Waals surface area contributed by atoms with Gasteiger partial charge in [0, 0.05) is 16.7 Å². The second-order valence-electron chi connectivity index (χ2n) is 3.81. The van der Waals surface area contributed by atoms with Crippen molar-refractivity contribution in [1.29, 1.82) is 0 Å². The van der Waals surface area contributed by atoms with Crippen molar-refractivity contribution < 1.29 is 13.9 Å². The lowest BCUT2D eigenvalue weighted by atomic mass is 10.2. The quantitative estimate of drug-likeness (QED) is 0.929. The zero-order valence-electron chi connectivity index (χ0n) is 10.1. The molecule has 0 aliphatic rings. The predicted octanol–water partition coefficient (Wildman–Crippen LogP) is 3.74. The zero-order valence-corrected chi connectivity index (χ0v) is 10.9. The molecule has 3 nitrogen and oxygen atoms in total. The van der Waals surface area contributed by atoms with Crippen LogP contribution in [-0.4, -0.2) is 13.0 Å². The van der Waals surface area contributed by atoms with Gasteiger partial charge in [-0.15, -0.1) is 0 Å². The number of halogens is 2. The van der Waals surface area contributed by atoms with Gasteiger partial charge in [-0.1, -0.05) is 17.7 Å². The zero-order chi connectivity index (χ0) is 13.8. The SMILES string of the molecule is COc1cc(F)ccc1NC(=O)c1cccc(Cl)c1. The molecule has 98 valence electrons. The number of benzene rings is 2. The number of carbonyl (C=O) groups excluding carboxylic acids is 1. The van der Waals surface area contributed by atoms with Crippen LogP contribution in [0.1, 0.15) is 10.4 Å². The van der Waals surface area contributed by atoms with Gasteiger partial charge in [-0.3, -0.25) is 4.79 Å². The number of ether oxygens (including phenoxy) is 1. The summed E-state index contributed by atoms with van der Waals surface area (Å²) in [6, 6.07) is 10.4. The van der Waals surface area contributed by atoms with Crippen LogP contribution in [0.4, 0.5) is 10.1 Å². The minimum absolute atomic E-state index is 0.260. The van der Waals surface area contributed by atoms with Crippen LogP contribution < -0.4 is 10.1 Å². The van der Waals surface area contributed by atoms with E-state index in [0.717, 1.165) is 0 Å². The van der Waals surface area contributed by atoms with Gasteiger partial charge in [0.25, 0.3) is 5.91 Å². The molecule has 0 spiro atoms. The Kier molecular flexibility index (Phi) is 4.02. The lowest BCUT2D eigenvalue weighted by Crippen LogP contribution is -2.12. The number of nitrogens with one attached hydrogen (secondary N) is 1. The number of hydrogen-bond donors (Lipinski definition) is 1. The van der Waals surface area contributed by atoms with Gasteiger partial charge in [-0.05, 0) is 30.3 Å². The minimum atomic E-state index is -0.433. The number of carbonyl (C=O) groups is 1. The van der Waals surface area contributed by atoms with E-state index < -0.39 is 5.82 Å². The molecule has 0 saturated heterocycles. The lowest BCUT2D eigenvalue weighted by Gasteiger charge is -2.10. The van der Waals surface area contributed by atoms with Crippen LogP contribution in [-0.2, 0) is 0 Å². The minimum Gasteiger partial charge on any atom is -0.494 e. The highest BCUT2D eigenvalue weighted by molar-refractivity contribution is 6.31. The summed E-state index contributed by atoms with van der Waals surface area (Å²) in [5.74, 6) is -0.514. The van der Waals surface area contributed by atoms with E-state index in [1.54, 1.807) is 24.3 Å². The maximum Gasteiger partial charge on any atom is 0.255 e. The van der Waals surface area contributed by atoms with Crippen molar-refractivity contribution in [2.75, 3.05) is 12.4 Å². The van der Waals surface area contributed by atoms with Crippen LogP contribution in [0.3, 0.4) is 0 Å². The largest absolute Gasteiger partial charge is 0.494 e. The summed E-state index contributed by atoms with van der Waals surface area (Å²) in [7, 11) is 1.41. The Labute approximate surface area is 115 Å². The van der Waals surface area contributed by atoms with Gasteiger partial charge in [0.15, 0.2) is 0 Å². The van der Waals surface area contributed by atoms with Crippen molar-refractivity contribution in [3.63, 3.8) is 0 Å². The van der Waals surface area contributed by atoms with Gasteiger partial charge in [-0.2, -0.15) is 0 Å². The van der Waals surface area contributed by atoms with Crippen LogP contribution in [0.15, 0.2) is 42.5 Å². The molecule has 0 aromatic heterocycles. The number of amides is 1. The third kappa shape index (κ3) is 3.23. The molecule has 0 heterocycles. The fourth-order valence-electron chi connectivity index (χ4n) is 1.59. The second-order valence-corrected chi connectivity index (χ2v) is 4.25. The molecule has 0 radical (unpaired) electrons. The Hall–Kier alpha value is -2.07. The molecule has 0 atom stereocenters. The predicted molar refractivity (Wildman–Crippen MR) is 72.4 cm³/mol. The molecule has 19 heavy (non-hydrogen) atoms. The molecular weight excluding hydrogens is 269 g/mol. The molecule has 2 rings (SSSR count). The topological polar surface area (TPSA) is 38.3 Å². The Morgan fingerprint density at radius 2 is 2.05 bits per heavy atom. The number of methoxy groups -OCH3 is 1. The third-order valence-corrected chi connectivity index (χ3v) is 2.73. The molecule has 5 heteroatoms. The van der Waals surface area contributed by atoms with Gasteiger partial charge in [0.1, 0.15) is 11.6 Å². The van der Waals surface area contributed by atoms with E-state index in [9.17, 15) is 9.18 Å². The monoisotopic (exact) mass is 279 g/mol. The maximum atomic E-state index is 13.0. The Morgan fingerprint density at radius 3 is 2.74 bits per heavy atom. The van der Waals surface area contributed by atoms with Crippen LogP contribution in [0.2, 0.25) is 5.02 Å². The van der Waals surface area contributed by atoms with Crippen molar-refractivity contribution in [3.05, 3.63) is 58.9 Å². The number of anilines is 1. The molecule has 1 amide bonds. The van der Waals surface area contributed by atoms with Gasteiger partial charge in [0.2, 0.25) is 0 Å². The highest BCUT2D eigenvalue weighted by Gasteiger charge is 2.10. The van der Waals surface area contributed by atoms with Crippen molar-refractivity contribution in [2.45, 2.75) is 0 Å². The van der Waals surface area contributed by atoms with E-state index in [4.69, 9.17) is 16.3 Å². The molecule has 1 N–H and O–H groups in total. The average molecular weight is 280 g/mol. The van der Waals surface area contributed by atoms with Crippen molar-refractivity contribution in [2.24, 2.45) is 0 Å². The summed E-state index contributed by atoms with van der Waals surface area (Å²) in [4.78, 5) is 12.0. The van der Waals surface area contributed by atoms with Gasteiger partial charge in [0.05, 0.1) is 12.8 Å². The first-order valence-electron chi connectivity index (χ1n) is 5.50. The summed E-state index contributed by atoms with van der Waals surface area (Å²) in [5.41, 5.74) is 0.813. The van der Waals surface area contributed by atoms with Crippen LogP contribution in [0.25, 0.3) is 0 Å². The standard InChI is InChI=1S/C14H11ClFNO2/c1-19-13-8-11(16)5-6-12(13)17-14(18)9-3-2-4-10(15)7-9/h2-8H,1H3,(H,17,18). The fourth-order valence-corrected chi connectivity index (χ4v) is 1.78. The molecule has 0 saturated carbocycles. The molecule has 0 unspecified atom stereocenters. The Morgan fingerprint density at radius 1 is 1.26 bits per heavy atom. The Balaban J connectivity index is 2.24. The van der Waals surface area contributed by atoms with Crippen molar-refractivity contribution in [1.82, 2.24) is 0 Å².